The average Bonchev–Trinajstić information content (AvgIpc) is 2.57. The van der Waals surface area contributed by atoms with Crippen LogP contribution < -0.4 is 4.90 Å². The predicted octanol–water partition coefficient (Wildman–Crippen LogP) is 5.18. The van der Waals surface area contributed by atoms with Gasteiger partial charge in [-0.05, 0) is 36.0 Å². The maximum Gasteiger partial charge on any atom is 0.446 e. The molecule has 0 N–H and O–H groups in total. The zero-order valence-corrected chi connectivity index (χ0v) is 15.5. The van der Waals surface area contributed by atoms with Gasteiger partial charge in [-0.3, -0.25) is 14.6 Å². The van der Waals surface area contributed by atoms with Gasteiger partial charge in [-0.2, -0.15) is 13.2 Å². The number of carbonyl (C=O) groups excluding carboxylic acids is 2. The van der Waals surface area contributed by atoms with Crippen molar-refractivity contribution >= 4 is 29.4 Å². The van der Waals surface area contributed by atoms with Crippen molar-refractivity contribution in [2.24, 2.45) is 0 Å². The van der Waals surface area contributed by atoms with Crippen LogP contribution in [0.1, 0.15) is 10.4 Å². The summed E-state index contributed by atoms with van der Waals surface area (Å²) in [5.74, 6) is -6.97. The van der Waals surface area contributed by atoms with Crippen molar-refractivity contribution in [3.05, 3.63) is 59.2 Å². The minimum Gasteiger partial charge on any atom is -0.292 e. The van der Waals surface area contributed by atoms with Crippen LogP contribution in [0.25, 0.3) is 0 Å². The fourth-order valence-electron chi connectivity index (χ4n) is 2.33. The molecule has 0 unspecified atom stereocenters. The number of nitrogens with zero attached hydrogens (tertiary/aromatic N) is 2. The molecule has 2 rings (SSSR count). The Labute approximate surface area is 163 Å². The largest absolute Gasteiger partial charge is 0.446 e. The molecule has 0 aliphatic carbocycles. The zero-order chi connectivity index (χ0) is 22.1. The molecule has 2 aromatic rings. The molecule has 0 saturated carbocycles. The Morgan fingerprint density at radius 2 is 1.38 bits per heavy atom. The van der Waals surface area contributed by atoms with Gasteiger partial charge in [0.25, 0.3) is 5.91 Å². The smallest absolute Gasteiger partial charge is 0.292 e. The van der Waals surface area contributed by atoms with Crippen LogP contribution in [-0.4, -0.2) is 36.4 Å². The normalized spacial score (nSPS) is 11.3. The Balaban J connectivity index is 2.33. The lowest BCUT2D eigenvalue weighted by Gasteiger charge is -2.25. The number of imide groups is 1. The number of hydrogen-bond donors (Lipinski definition) is 0. The zero-order valence-electron chi connectivity index (χ0n) is 14.7. The summed E-state index contributed by atoms with van der Waals surface area (Å²) >= 11 is -0.762. The molecule has 0 aromatic heterocycles. The highest BCUT2D eigenvalue weighted by molar-refractivity contribution is 8.00. The van der Waals surface area contributed by atoms with E-state index < -0.39 is 68.6 Å². The highest BCUT2D eigenvalue weighted by Gasteiger charge is 2.32. The number of benzene rings is 2. The third-order valence-electron chi connectivity index (χ3n) is 3.61. The number of rotatable bonds is 3. The van der Waals surface area contributed by atoms with Crippen molar-refractivity contribution in [3.8, 4) is 0 Å². The Kier molecular flexibility index (Phi) is 6.46. The Morgan fingerprint density at radius 1 is 0.897 bits per heavy atom. The van der Waals surface area contributed by atoms with Gasteiger partial charge >= 0.3 is 11.5 Å². The van der Waals surface area contributed by atoms with Gasteiger partial charge in [0.1, 0.15) is 22.9 Å². The van der Waals surface area contributed by atoms with E-state index in [0.29, 0.717) is 17.0 Å². The molecule has 0 aliphatic rings. The van der Waals surface area contributed by atoms with Gasteiger partial charge in [0.2, 0.25) is 0 Å². The van der Waals surface area contributed by atoms with Crippen LogP contribution >= 0.6 is 11.8 Å². The molecule has 156 valence electrons. The Bertz CT molecular complexity index is 922. The summed E-state index contributed by atoms with van der Waals surface area (Å²) in [5, 5.41) is 0. The van der Waals surface area contributed by atoms with Crippen LogP contribution in [0.5, 0.6) is 0 Å². The number of alkyl halides is 3. The van der Waals surface area contributed by atoms with E-state index in [-0.39, 0.29) is 4.90 Å². The standard InChI is InChI=1S/C17H11F7N2O2S/c1-25(14-11(20)6-8(7-12(14)21)29-17(22,23)24)16(28)26(2)15(27)13-9(18)4-3-5-10(13)19/h3-7H,1-2H3. The molecule has 0 saturated heterocycles. The predicted molar refractivity (Wildman–Crippen MR) is 90.5 cm³/mol. The van der Waals surface area contributed by atoms with E-state index in [1.165, 1.54) is 0 Å². The molecule has 0 spiro atoms. The van der Waals surface area contributed by atoms with Crippen LogP contribution in [0.15, 0.2) is 35.2 Å². The molecule has 0 aliphatic heterocycles. The van der Waals surface area contributed by atoms with E-state index in [0.717, 1.165) is 32.3 Å². The van der Waals surface area contributed by atoms with Gasteiger partial charge < -0.3 is 0 Å². The minimum atomic E-state index is -4.79. The monoisotopic (exact) mass is 440 g/mol. The summed E-state index contributed by atoms with van der Waals surface area (Å²) in [5.41, 5.74) is -6.90. The van der Waals surface area contributed by atoms with Gasteiger partial charge in [0.15, 0.2) is 11.6 Å². The van der Waals surface area contributed by atoms with Crippen molar-refractivity contribution in [2.75, 3.05) is 19.0 Å². The van der Waals surface area contributed by atoms with Crippen LogP contribution in [0.2, 0.25) is 0 Å². The molecular weight excluding hydrogens is 429 g/mol. The van der Waals surface area contributed by atoms with Crippen molar-refractivity contribution in [3.63, 3.8) is 0 Å². The molecule has 29 heavy (non-hydrogen) atoms. The van der Waals surface area contributed by atoms with Crippen LogP contribution in [0.3, 0.4) is 0 Å². The number of thioether (sulfide) groups is 1. The van der Waals surface area contributed by atoms with Gasteiger partial charge in [0.05, 0.1) is 0 Å². The molecule has 0 radical (unpaired) electrons. The van der Waals surface area contributed by atoms with Crippen molar-refractivity contribution in [1.29, 1.82) is 0 Å². The first-order valence-electron chi connectivity index (χ1n) is 7.58. The number of hydrogen-bond acceptors (Lipinski definition) is 3. The van der Waals surface area contributed by atoms with Gasteiger partial charge in [0, 0.05) is 19.0 Å². The first-order valence-corrected chi connectivity index (χ1v) is 8.39. The fraction of sp³-hybridized carbons (Fsp3) is 0.176. The summed E-state index contributed by atoms with van der Waals surface area (Å²) in [6, 6.07) is 1.87. The SMILES string of the molecule is CN(C(=O)c1c(F)cccc1F)C(=O)N(C)c1c(F)cc(SC(F)(F)F)cc1F. The summed E-state index contributed by atoms with van der Waals surface area (Å²) in [6.45, 7) is 0. The quantitative estimate of drug-likeness (QED) is 0.488. The number of carbonyl (C=O) groups is 2. The lowest BCUT2D eigenvalue weighted by atomic mass is 10.1. The summed E-state index contributed by atoms with van der Waals surface area (Å²) < 4.78 is 92.9. The van der Waals surface area contributed by atoms with Gasteiger partial charge in [-0.25, -0.2) is 22.4 Å². The van der Waals surface area contributed by atoms with Crippen molar-refractivity contribution < 1.29 is 40.3 Å². The maximum absolute atomic E-state index is 14.2. The first-order chi connectivity index (χ1) is 13.3. The van der Waals surface area contributed by atoms with E-state index >= 15 is 0 Å². The minimum absolute atomic E-state index is 0.207. The van der Waals surface area contributed by atoms with Gasteiger partial charge in [-0.15, -0.1) is 0 Å². The van der Waals surface area contributed by atoms with E-state index in [9.17, 15) is 40.3 Å². The van der Waals surface area contributed by atoms with E-state index in [1.54, 1.807) is 0 Å². The molecule has 4 nitrogen and oxygen atoms in total. The lowest BCUT2D eigenvalue weighted by Crippen LogP contribution is -2.43. The van der Waals surface area contributed by atoms with Crippen LogP contribution in [0, 0.1) is 23.3 Å². The number of amides is 3. The molecule has 2 aromatic carbocycles. The van der Waals surface area contributed by atoms with Crippen LogP contribution in [-0.2, 0) is 0 Å². The summed E-state index contributed by atoms with van der Waals surface area (Å²) in [4.78, 5) is 24.3. The first kappa shape index (κ1) is 22.5. The van der Waals surface area contributed by atoms with Crippen molar-refractivity contribution in [2.45, 2.75) is 10.4 Å². The highest BCUT2D eigenvalue weighted by Crippen LogP contribution is 2.39. The second-order valence-electron chi connectivity index (χ2n) is 5.59. The molecule has 3 amide bonds. The topological polar surface area (TPSA) is 40.6 Å². The second kappa shape index (κ2) is 8.31. The molecule has 0 heterocycles. The van der Waals surface area contributed by atoms with Gasteiger partial charge in [-0.1, -0.05) is 6.07 Å². The number of anilines is 1. The molecular formula is C17H11F7N2O2S. The van der Waals surface area contributed by atoms with E-state index in [1.807, 2.05) is 0 Å². The molecule has 0 atom stereocenters. The number of halogens is 7. The third kappa shape index (κ3) is 5.00. The fourth-order valence-corrected chi connectivity index (χ4v) is 2.92. The molecule has 12 heteroatoms. The Morgan fingerprint density at radius 3 is 1.83 bits per heavy atom. The summed E-state index contributed by atoms with van der Waals surface area (Å²) in [7, 11) is 1.65. The molecule has 0 bridgehead atoms. The lowest BCUT2D eigenvalue weighted by molar-refractivity contribution is -0.0328. The highest BCUT2D eigenvalue weighted by atomic mass is 32.2. The van der Waals surface area contributed by atoms with E-state index in [4.69, 9.17) is 0 Å². The average molecular weight is 440 g/mol. The van der Waals surface area contributed by atoms with Crippen molar-refractivity contribution in [1.82, 2.24) is 4.90 Å². The second-order valence-corrected chi connectivity index (χ2v) is 6.72. The Hall–Kier alpha value is -2.76. The van der Waals surface area contributed by atoms with Crippen LogP contribution in [0.4, 0.5) is 41.2 Å². The van der Waals surface area contributed by atoms with E-state index in [2.05, 4.69) is 0 Å². The molecule has 0 fully saturated rings. The maximum atomic E-state index is 14.2. The summed E-state index contributed by atoms with van der Waals surface area (Å²) in [6.07, 6.45) is 0. The third-order valence-corrected chi connectivity index (χ3v) is 4.32. The number of urea groups is 1.